The summed E-state index contributed by atoms with van der Waals surface area (Å²) in [5, 5.41) is 12.2. The molecule has 1 N–H and O–H groups in total. The van der Waals surface area contributed by atoms with Crippen molar-refractivity contribution in [2.24, 2.45) is 5.92 Å². The van der Waals surface area contributed by atoms with Crippen LogP contribution >= 0.6 is 34.8 Å². The maximum absolute atomic E-state index is 13.8. The minimum atomic E-state index is -0.809. The molecule has 226 valence electrons. The van der Waals surface area contributed by atoms with E-state index in [1.165, 1.54) is 0 Å². The van der Waals surface area contributed by atoms with Gasteiger partial charge in [0.15, 0.2) is 5.75 Å². The fourth-order valence-electron chi connectivity index (χ4n) is 4.86. The number of methoxy groups -OCH3 is 1. The van der Waals surface area contributed by atoms with Crippen LogP contribution in [0.5, 0.6) is 11.5 Å². The maximum Gasteiger partial charge on any atom is 0.229 e. The molecule has 1 aliphatic carbocycles. The van der Waals surface area contributed by atoms with Gasteiger partial charge in [0.2, 0.25) is 5.91 Å². The minimum Gasteiger partial charge on any atom is -0.490 e. The normalized spacial score (nSPS) is 14.4. The summed E-state index contributed by atoms with van der Waals surface area (Å²) in [7, 11) is 1.68. The average Bonchev–Trinajstić information content (AvgIpc) is 3.79. The van der Waals surface area contributed by atoms with E-state index in [-0.39, 0.29) is 18.6 Å². The monoisotopic (exact) mass is 633 g/mol. The topological polar surface area (TPSA) is 68.2 Å². The fourth-order valence-corrected chi connectivity index (χ4v) is 5.74. The van der Waals surface area contributed by atoms with E-state index in [1.807, 2.05) is 48.2 Å². The molecule has 0 spiro atoms. The summed E-state index contributed by atoms with van der Waals surface area (Å²) in [5.74, 6) is 0.478. The summed E-state index contributed by atoms with van der Waals surface area (Å²) < 4.78 is 16.8. The lowest BCUT2D eigenvalue weighted by molar-refractivity contribution is -0.140. The van der Waals surface area contributed by atoms with Crippen LogP contribution in [0.15, 0.2) is 54.6 Å². The Labute approximate surface area is 263 Å². The van der Waals surface area contributed by atoms with Crippen molar-refractivity contribution < 1.29 is 24.1 Å². The smallest absolute Gasteiger partial charge is 0.229 e. The summed E-state index contributed by atoms with van der Waals surface area (Å²) in [6.45, 7) is 5.21. The molecule has 9 heteroatoms. The van der Waals surface area contributed by atoms with Gasteiger partial charge >= 0.3 is 0 Å². The highest BCUT2D eigenvalue weighted by Gasteiger charge is 2.37. The molecular formula is C33H38Cl3NO5. The van der Waals surface area contributed by atoms with Gasteiger partial charge in [-0.3, -0.25) is 4.79 Å². The molecule has 1 saturated carbocycles. The second-order valence-corrected chi connectivity index (χ2v) is 12.0. The summed E-state index contributed by atoms with van der Waals surface area (Å²) in [4.78, 5) is 15.7. The van der Waals surface area contributed by atoms with E-state index in [0.29, 0.717) is 52.7 Å². The summed E-state index contributed by atoms with van der Waals surface area (Å²) >= 11 is 19.0. The van der Waals surface area contributed by atoms with Crippen molar-refractivity contribution in [3.63, 3.8) is 0 Å². The molecule has 1 fully saturated rings. The van der Waals surface area contributed by atoms with Crippen molar-refractivity contribution in [1.82, 2.24) is 4.90 Å². The third-order valence-electron chi connectivity index (χ3n) is 7.34. The van der Waals surface area contributed by atoms with Crippen molar-refractivity contribution in [1.29, 1.82) is 0 Å². The molecule has 0 heterocycles. The third kappa shape index (κ3) is 9.01. The zero-order valence-corrected chi connectivity index (χ0v) is 26.5. The average molecular weight is 635 g/mol. The van der Waals surface area contributed by atoms with Crippen LogP contribution in [0.3, 0.4) is 0 Å². The van der Waals surface area contributed by atoms with Gasteiger partial charge in [-0.05, 0) is 92.1 Å². The van der Waals surface area contributed by atoms with Crippen LogP contribution in [0.4, 0.5) is 0 Å². The quantitative estimate of drug-likeness (QED) is 0.177. The number of aliphatic hydroxyl groups excluding tert-OH is 1. The predicted molar refractivity (Wildman–Crippen MR) is 168 cm³/mol. The lowest BCUT2D eigenvalue weighted by Gasteiger charge is -2.29. The molecular weight excluding hydrogens is 597 g/mol. The molecule has 1 aliphatic rings. The van der Waals surface area contributed by atoms with Crippen molar-refractivity contribution in [2.75, 3.05) is 26.9 Å². The predicted octanol–water partition coefficient (Wildman–Crippen LogP) is 7.33. The van der Waals surface area contributed by atoms with Crippen LogP contribution in [0.2, 0.25) is 15.1 Å². The Bertz CT molecular complexity index is 1320. The van der Waals surface area contributed by atoms with Crippen LogP contribution in [0.1, 0.15) is 42.0 Å². The Morgan fingerprint density at radius 3 is 2.19 bits per heavy atom. The molecule has 4 rings (SSSR count). The molecule has 0 aliphatic heterocycles. The Kier molecular flexibility index (Phi) is 11.8. The lowest BCUT2D eigenvalue weighted by atomic mass is 9.93. The SMILES string of the molecule is COCCc1ccc(Cl)c(CN(C(=O)C(Cc2ccc(OCCOc3c(Cl)cc(C)cc3Cl)cc2)C(C)O)C2CC2)c1. The van der Waals surface area contributed by atoms with Crippen molar-refractivity contribution in [3.05, 3.63) is 91.9 Å². The molecule has 42 heavy (non-hydrogen) atoms. The number of aryl methyl sites for hydroxylation is 1. The van der Waals surface area contributed by atoms with Gasteiger partial charge in [0.1, 0.15) is 19.0 Å². The van der Waals surface area contributed by atoms with Crippen LogP contribution in [-0.2, 0) is 28.9 Å². The standard InChI is InChI=1S/C33H38Cl3NO5/c1-21-16-30(35)32(31(36)17-21)42-15-14-41-27-9-4-23(5-10-27)19-28(22(2)38)33(39)37(26-7-8-26)20-25-18-24(12-13-40-3)6-11-29(25)34/h4-6,9-11,16-18,22,26,28,38H,7-8,12-15,19-20H2,1-3H3. The number of carbonyl (C=O) groups excluding carboxylic acids is 1. The number of ether oxygens (including phenoxy) is 3. The first-order valence-electron chi connectivity index (χ1n) is 14.2. The van der Waals surface area contributed by atoms with E-state index in [2.05, 4.69) is 6.07 Å². The van der Waals surface area contributed by atoms with Crippen molar-refractivity contribution >= 4 is 40.7 Å². The van der Waals surface area contributed by atoms with E-state index < -0.39 is 12.0 Å². The molecule has 0 aromatic heterocycles. The van der Waals surface area contributed by atoms with Gasteiger partial charge in [-0.25, -0.2) is 0 Å². The van der Waals surface area contributed by atoms with Gasteiger partial charge in [-0.15, -0.1) is 0 Å². The van der Waals surface area contributed by atoms with Gasteiger partial charge in [-0.2, -0.15) is 0 Å². The largest absolute Gasteiger partial charge is 0.490 e. The minimum absolute atomic E-state index is 0.0586. The molecule has 0 bridgehead atoms. The van der Waals surface area contributed by atoms with Crippen LogP contribution in [0, 0.1) is 12.8 Å². The first-order valence-corrected chi connectivity index (χ1v) is 15.3. The van der Waals surface area contributed by atoms with Crippen molar-refractivity contribution in [2.45, 2.75) is 58.2 Å². The molecule has 0 radical (unpaired) electrons. The highest BCUT2D eigenvalue weighted by molar-refractivity contribution is 6.37. The first-order chi connectivity index (χ1) is 20.2. The second kappa shape index (κ2) is 15.3. The molecule has 1 amide bonds. The number of hydrogen-bond donors (Lipinski definition) is 1. The lowest BCUT2D eigenvalue weighted by Crippen LogP contribution is -2.42. The second-order valence-electron chi connectivity index (χ2n) is 10.8. The number of halogens is 3. The van der Waals surface area contributed by atoms with E-state index in [4.69, 9.17) is 49.0 Å². The molecule has 3 aromatic rings. The molecule has 3 aromatic carbocycles. The first kappa shape index (κ1) is 32.4. The summed E-state index contributed by atoms with van der Waals surface area (Å²) in [6.07, 6.45) is 2.29. The van der Waals surface area contributed by atoms with E-state index in [1.54, 1.807) is 26.2 Å². The van der Waals surface area contributed by atoms with E-state index in [0.717, 1.165) is 41.5 Å². The zero-order valence-electron chi connectivity index (χ0n) is 24.2. The number of amides is 1. The number of nitrogens with zero attached hydrogens (tertiary/aromatic N) is 1. The zero-order chi connectivity index (χ0) is 30.2. The van der Waals surface area contributed by atoms with E-state index >= 15 is 0 Å². The summed E-state index contributed by atoms with van der Waals surface area (Å²) in [6, 6.07) is 17.2. The van der Waals surface area contributed by atoms with Gasteiger partial charge in [0.25, 0.3) is 0 Å². The number of hydrogen-bond acceptors (Lipinski definition) is 5. The summed E-state index contributed by atoms with van der Waals surface area (Å²) in [5.41, 5.74) is 3.92. The van der Waals surface area contributed by atoms with Crippen LogP contribution in [-0.4, -0.2) is 55.0 Å². The molecule has 6 nitrogen and oxygen atoms in total. The molecule has 2 unspecified atom stereocenters. The van der Waals surface area contributed by atoms with Crippen molar-refractivity contribution in [3.8, 4) is 11.5 Å². The number of carbonyl (C=O) groups is 1. The van der Waals surface area contributed by atoms with Gasteiger partial charge < -0.3 is 24.2 Å². The maximum atomic E-state index is 13.8. The Morgan fingerprint density at radius 1 is 0.929 bits per heavy atom. The molecule has 2 atom stereocenters. The number of aliphatic hydroxyl groups is 1. The molecule has 0 saturated heterocycles. The highest BCUT2D eigenvalue weighted by atomic mass is 35.5. The highest BCUT2D eigenvalue weighted by Crippen LogP contribution is 2.34. The van der Waals surface area contributed by atoms with Gasteiger partial charge in [0, 0.05) is 24.7 Å². The van der Waals surface area contributed by atoms with Crippen LogP contribution in [0.25, 0.3) is 0 Å². The van der Waals surface area contributed by atoms with E-state index in [9.17, 15) is 9.90 Å². The Morgan fingerprint density at radius 2 is 1.57 bits per heavy atom. The van der Waals surface area contributed by atoms with Gasteiger partial charge in [0.05, 0.1) is 28.7 Å². The Hall–Kier alpha value is -2.48. The Balaban J connectivity index is 1.35. The third-order valence-corrected chi connectivity index (χ3v) is 8.27. The number of benzene rings is 3. The number of rotatable bonds is 15. The van der Waals surface area contributed by atoms with Crippen LogP contribution < -0.4 is 9.47 Å². The van der Waals surface area contributed by atoms with Gasteiger partial charge in [-0.1, -0.05) is 59.1 Å². The fraction of sp³-hybridized carbons (Fsp3) is 0.424.